The topological polar surface area (TPSA) is 85.5 Å². The van der Waals surface area contributed by atoms with Crippen LogP contribution in [0.5, 0.6) is 5.75 Å². The summed E-state index contributed by atoms with van der Waals surface area (Å²) in [5.74, 6) is 0.343. The number of nitrogens with zero attached hydrogens (tertiary/aromatic N) is 2. The van der Waals surface area contributed by atoms with Crippen LogP contribution in [0.25, 0.3) is 11.1 Å². The Bertz CT molecular complexity index is 1080. The van der Waals surface area contributed by atoms with Crippen LogP contribution < -0.4 is 10.5 Å². The first-order chi connectivity index (χ1) is 15.5. The zero-order chi connectivity index (χ0) is 22.6. The molecule has 2 amide bonds. The van der Waals surface area contributed by atoms with Gasteiger partial charge in [0.05, 0.1) is 18.1 Å². The van der Waals surface area contributed by atoms with Gasteiger partial charge in [-0.2, -0.15) is 0 Å². The van der Waals surface area contributed by atoms with Crippen molar-refractivity contribution in [3.05, 3.63) is 84.2 Å². The van der Waals surface area contributed by atoms with Crippen LogP contribution >= 0.6 is 0 Å². The molecule has 1 unspecified atom stereocenters. The van der Waals surface area contributed by atoms with Crippen molar-refractivity contribution in [3.8, 4) is 16.9 Å². The number of carbonyl (C=O) groups excluding carboxylic acids is 2. The molecule has 3 aromatic rings. The minimum Gasteiger partial charge on any atom is -0.497 e. The molecule has 0 radical (unpaired) electrons. The number of carbonyl (C=O) groups is 2. The van der Waals surface area contributed by atoms with E-state index in [1.165, 1.54) is 0 Å². The molecule has 0 bridgehead atoms. The van der Waals surface area contributed by atoms with Crippen LogP contribution in [-0.2, 0) is 11.2 Å². The number of aromatic nitrogens is 1. The van der Waals surface area contributed by atoms with Crippen molar-refractivity contribution in [1.29, 1.82) is 0 Å². The van der Waals surface area contributed by atoms with Crippen LogP contribution in [0.3, 0.4) is 0 Å². The first-order valence-corrected chi connectivity index (χ1v) is 10.7. The summed E-state index contributed by atoms with van der Waals surface area (Å²) in [6.45, 7) is 0.926. The highest BCUT2D eigenvalue weighted by Gasteiger charge is 2.42. The van der Waals surface area contributed by atoms with Gasteiger partial charge in [0.15, 0.2) is 0 Å². The lowest BCUT2D eigenvalue weighted by Crippen LogP contribution is -2.53. The van der Waals surface area contributed by atoms with Crippen molar-refractivity contribution >= 4 is 11.8 Å². The number of nitrogens with two attached hydrogens (primary N) is 1. The summed E-state index contributed by atoms with van der Waals surface area (Å²) in [6.07, 6.45) is 5.09. The van der Waals surface area contributed by atoms with Crippen LogP contribution in [0.15, 0.2) is 73.1 Å². The number of pyridine rings is 1. The van der Waals surface area contributed by atoms with Gasteiger partial charge < -0.3 is 15.4 Å². The molecule has 2 heterocycles. The quantitative estimate of drug-likeness (QED) is 0.647. The predicted molar refractivity (Wildman–Crippen MR) is 123 cm³/mol. The molecule has 0 spiro atoms. The molecule has 1 fully saturated rings. The average Bonchev–Trinajstić information content (AvgIpc) is 2.85. The Morgan fingerprint density at radius 1 is 1.06 bits per heavy atom. The largest absolute Gasteiger partial charge is 0.497 e. The lowest BCUT2D eigenvalue weighted by Gasteiger charge is -2.41. The predicted octanol–water partition coefficient (Wildman–Crippen LogP) is 3.71. The second kappa shape index (κ2) is 9.22. The molecule has 2 aromatic carbocycles. The van der Waals surface area contributed by atoms with Crippen LogP contribution in [0.2, 0.25) is 0 Å². The van der Waals surface area contributed by atoms with Gasteiger partial charge in [0.2, 0.25) is 5.91 Å². The Labute approximate surface area is 188 Å². The van der Waals surface area contributed by atoms with Gasteiger partial charge in [0.1, 0.15) is 5.75 Å². The maximum Gasteiger partial charge on any atom is 0.255 e. The number of rotatable bonds is 6. The number of hydrogen-bond donors (Lipinski definition) is 1. The SMILES string of the molecule is COc1ccc(-c2ccc(CC3(C(N)=O)CCCN(C(=O)c4cccnc4)C3)cc2)cc1. The van der Waals surface area contributed by atoms with Crippen molar-refractivity contribution in [3.63, 3.8) is 0 Å². The smallest absolute Gasteiger partial charge is 0.255 e. The first-order valence-electron chi connectivity index (χ1n) is 10.7. The van der Waals surface area contributed by atoms with E-state index in [1.54, 1.807) is 36.5 Å². The third-order valence-electron chi connectivity index (χ3n) is 6.22. The fourth-order valence-electron chi connectivity index (χ4n) is 4.40. The van der Waals surface area contributed by atoms with E-state index in [0.717, 1.165) is 28.9 Å². The third kappa shape index (κ3) is 4.49. The van der Waals surface area contributed by atoms with E-state index in [0.29, 0.717) is 31.5 Å². The molecule has 6 heteroatoms. The highest BCUT2D eigenvalue weighted by atomic mass is 16.5. The van der Waals surface area contributed by atoms with Crippen LogP contribution in [0.4, 0.5) is 0 Å². The second-order valence-electron chi connectivity index (χ2n) is 8.32. The minimum absolute atomic E-state index is 0.113. The zero-order valence-corrected chi connectivity index (χ0v) is 18.2. The number of piperidine rings is 1. The van der Waals surface area contributed by atoms with E-state index in [9.17, 15) is 9.59 Å². The van der Waals surface area contributed by atoms with E-state index in [1.807, 2.05) is 48.5 Å². The molecule has 1 aliphatic heterocycles. The van der Waals surface area contributed by atoms with Crippen molar-refractivity contribution in [2.45, 2.75) is 19.3 Å². The van der Waals surface area contributed by atoms with E-state index in [4.69, 9.17) is 10.5 Å². The van der Waals surface area contributed by atoms with Crippen molar-refractivity contribution in [2.75, 3.05) is 20.2 Å². The van der Waals surface area contributed by atoms with E-state index >= 15 is 0 Å². The normalized spacial score (nSPS) is 18.2. The standard InChI is InChI=1S/C26H27N3O3/c1-32-23-11-9-21(10-12-23)20-7-5-19(6-8-20)16-26(25(27)31)13-3-15-29(18-26)24(30)22-4-2-14-28-17-22/h2,4-12,14,17H,3,13,15-16,18H2,1H3,(H2,27,31). The Hall–Kier alpha value is -3.67. The summed E-state index contributed by atoms with van der Waals surface area (Å²) < 4.78 is 5.22. The lowest BCUT2D eigenvalue weighted by molar-refractivity contribution is -0.130. The summed E-state index contributed by atoms with van der Waals surface area (Å²) in [7, 11) is 1.65. The van der Waals surface area contributed by atoms with Gasteiger partial charge >= 0.3 is 0 Å². The summed E-state index contributed by atoms with van der Waals surface area (Å²) in [5, 5.41) is 0. The van der Waals surface area contributed by atoms with Gasteiger partial charge in [-0.15, -0.1) is 0 Å². The monoisotopic (exact) mass is 429 g/mol. The zero-order valence-electron chi connectivity index (χ0n) is 18.2. The first kappa shape index (κ1) is 21.6. The third-order valence-corrected chi connectivity index (χ3v) is 6.22. The van der Waals surface area contributed by atoms with Gasteiger partial charge in [-0.05, 0) is 60.2 Å². The fraction of sp³-hybridized carbons (Fsp3) is 0.269. The van der Waals surface area contributed by atoms with Gasteiger partial charge in [-0.25, -0.2) is 0 Å². The summed E-state index contributed by atoms with van der Waals surface area (Å²) >= 11 is 0. The molecular formula is C26H27N3O3. The maximum atomic E-state index is 12.9. The van der Waals surface area contributed by atoms with E-state index < -0.39 is 5.41 Å². The molecule has 32 heavy (non-hydrogen) atoms. The Kier molecular flexibility index (Phi) is 6.21. The number of likely N-dealkylation sites (tertiary alicyclic amines) is 1. The molecule has 1 atom stereocenters. The summed E-state index contributed by atoms with van der Waals surface area (Å²) in [6, 6.07) is 19.5. The lowest BCUT2D eigenvalue weighted by atomic mass is 9.74. The van der Waals surface area contributed by atoms with Crippen molar-refractivity contribution < 1.29 is 14.3 Å². The van der Waals surface area contributed by atoms with Crippen LogP contribution in [0.1, 0.15) is 28.8 Å². The molecule has 0 saturated carbocycles. The van der Waals surface area contributed by atoms with Gasteiger partial charge in [0, 0.05) is 25.5 Å². The Morgan fingerprint density at radius 2 is 1.75 bits per heavy atom. The number of ether oxygens (including phenoxy) is 1. The minimum atomic E-state index is -0.780. The molecule has 4 rings (SSSR count). The van der Waals surface area contributed by atoms with E-state index in [-0.39, 0.29) is 11.8 Å². The Balaban J connectivity index is 1.52. The van der Waals surface area contributed by atoms with Gasteiger partial charge in [-0.1, -0.05) is 36.4 Å². The molecule has 2 N–H and O–H groups in total. The number of amides is 2. The fourth-order valence-corrected chi connectivity index (χ4v) is 4.40. The Morgan fingerprint density at radius 3 is 2.34 bits per heavy atom. The molecule has 1 aromatic heterocycles. The highest BCUT2D eigenvalue weighted by molar-refractivity contribution is 5.94. The number of primary amides is 1. The maximum absolute atomic E-state index is 12.9. The average molecular weight is 430 g/mol. The summed E-state index contributed by atoms with van der Waals surface area (Å²) in [4.78, 5) is 31.3. The van der Waals surface area contributed by atoms with Crippen molar-refractivity contribution in [2.24, 2.45) is 11.1 Å². The number of hydrogen-bond acceptors (Lipinski definition) is 4. The number of methoxy groups -OCH3 is 1. The highest BCUT2D eigenvalue weighted by Crippen LogP contribution is 2.35. The number of benzene rings is 2. The van der Waals surface area contributed by atoms with Crippen LogP contribution in [-0.4, -0.2) is 41.9 Å². The molecule has 0 aliphatic carbocycles. The molecule has 1 aliphatic rings. The van der Waals surface area contributed by atoms with Crippen molar-refractivity contribution in [1.82, 2.24) is 9.88 Å². The second-order valence-corrected chi connectivity index (χ2v) is 8.32. The van der Waals surface area contributed by atoms with Gasteiger partial charge in [0.25, 0.3) is 5.91 Å². The van der Waals surface area contributed by atoms with E-state index in [2.05, 4.69) is 4.98 Å². The molecule has 1 saturated heterocycles. The summed E-state index contributed by atoms with van der Waals surface area (Å²) in [5.41, 5.74) is 8.84. The molecular weight excluding hydrogens is 402 g/mol. The van der Waals surface area contributed by atoms with Gasteiger partial charge in [-0.3, -0.25) is 14.6 Å². The van der Waals surface area contributed by atoms with Crippen LogP contribution in [0, 0.1) is 5.41 Å². The molecule has 6 nitrogen and oxygen atoms in total. The molecule has 164 valence electrons.